The summed E-state index contributed by atoms with van der Waals surface area (Å²) in [6, 6.07) is 13.1. The molecular formula is C17H21N3O4S. The third kappa shape index (κ3) is 5.84. The van der Waals surface area contributed by atoms with Gasteiger partial charge in [0.2, 0.25) is 5.69 Å². The zero-order chi connectivity index (χ0) is 18.3. The van der Waals surface area contributed by atoms with E-state index in [4.69, 9.17) is 4.74 Å². The molecule has 25 heavy (non-hydrogen) atoms. The van der Waals surface area contributed by atoms with Crippen LogP contribution in [0.1, 0.15) is 12.1 Å². The van der Waals surface area contributed by atoms with Crippen molar-refractivity contribution in [3.05, 3.63) is 54.4 Å². The minimum absolute atomic E-state index is 0.254. The van der Waals surface area contributed by atoms with Crippen LogP contribution in [-0.2, 0) is 16.7 Å². The van der Waals surface area contributed by atoms with Crippen molar-refractivity contribution in [1.29, 1.82) is 0 Å². The molecule has 134 valence electrons. The molecule has 0 radical (unpaired) electrons. The van der Waals surface area contributed by atoms with Gasteiger partial charge in [-0.25, -0.2) is 8.42 Å². The smallest absolute Gasteiger partial charge is 0.225 e. The minimum atomic E-state index is -4.20. The third-order valence-electron chi connectivity index (χ3n) is 3.57. The number of hydrazone groups is 1. The van der Waals surface area contributed by atoms with E-state index in [2.05, 4.69) is 5.10 Å². The zero-order valence-electron chi connectivity index (χ0n) is 14.2. The minimum Gasteiger partial charge on any atom is -0.748 e. The van der Waals surface area contributed by atoms with E-state index in [1.165, 1.54) is 0 Å². The lowest BCUT2D eigenvalue weighted by atomic mass is 10.3. The normalized spacial score (nSPS) is 11.6. The number of ether oxygens (including phenoxy) is 1. The van der Waals surface area contributed by atoms with Crippen LogP contribution in [0.25, 0.3) is 0 Å². The molecule has 2 rings (SSSR count). The number of aromatic nitrogens is 1. The molecule has 7 nitrogen and oxygen atoms in total. The summed E-state index contributed by atoms with van der Waals surface area (Å²) in [5, 5.41) is 6.11. The van der Waals surface area contributed by atoms with Crippen LogP contribution in [0.4, 0.5) is 5.69 Å². The van der Waals surface area contributed by atoms with Gasteiger partial charge < -0.3 is 9.29 Å². The first-order valence-corrected chi connectivity index (χ1v) is 9.31. The van der Waals surface area contributed by atoms with Gasteiger partial charge in [-0.15, -0.1) is 0 Å². The van der Waals surface area contributed by atoms with Gasteiger partial charge in [-0.2, -0.15) is 9.67 Å². The fraction of sp³-hybridized carbons (Fsp3) is 0.294. The molecule has 0 unspecified atom stereocenters. The van der Waals surface area contributed by atoms with Crippen LogP contribution in [0.15, 0.2) is 53.8 Å². The van der Waals surface area contributed by atoms with E-state index >= 15 is 0 Å². The number of methoxy groups -OCH3 is 1. The van der Waals surface area contributed by atoms with Crippen LogP contribution in [0, 0.1) is 0 Å². The van der Waals surface area contributed by atoms with Crippen molar-refractivity contribution in [3.63, 3.8) is 0 Å². The van der Waals surface area contributed by atoms with Gasteiger partial charge in [0, 0.05) is 31.4 Å². The highest BCUT2D eigenvalue weighted by Gasteiger charge is 2.10. The maximum atomic E-state index is 10.7. The Morgan fingerprint density at radius 1 is 1.24 bits per heavy atom. The number of hydrogen-bond acceptors (Lipinski definition) is 6. The summed E-state index contributed by atoms with van der Waals surface area (Å²) in [5.74, 6) is 0.329. The molecule has 0 aliphatic carbocycles. The van der Waals surface area contributed by atoms with E-state index in [0.29, 0.717) is 12.3 Å². The van der Waals surface area contributed by atoms with Crippen LogP contribution in [-0.4, -0.2) is 39.1 Å². The molecule has 1 aromatic heterocycles. The first kappa shape index (κ1) is 18.9. The highest BCUT2D eigenvalue weighted by atomic mass is 32.2. The SMILES string of the molecule is COc1ccccc1N(C)/N=C/c1cccc[n+]1CCCS(=O)(=O)[O-]. The lowest BCUT2D eigenvalue weighted by Crippen LogP contribution is -2.38. The van der Waals surface area contributed by atoms with Crippen LogP contribution in [0.3, 0.4) is 0 Å². The molecule has 0 aliphatic heterocycles. The Labute approximate surface area is 147 Å². The Balaban J connectivity index is 2.12. The molecule has 0 saturated carbocycles. The highest BCUT2D eigenvalue weighted by Crippen LogP contribution is 2.26. The Kier molecular flexibility index (Phi) is 6.49. The van der Waals surface area contributed by atoms with Gasteiger partial charge in [0.05, 0.1) is 17.2 Å². The first-order valence-electron chi connectivity index (χ1n) is 7.73. The average Bonchev–Trinajstić information content (AvgIpc) is 2.59. The van der Waals surface area contributed by atoms with Crippen molar-refractivity contribution in [1.82, 2.24) is 0 Å². The van der Waals surface area contributed by atoms with Crippen molar-refractivity contribution < 1.29 is 22.3 Å². The Hall–Kier alpha value is -2.45. The molecule has 1 heterocycles. The predicted octanol–water partition coefficient (Wildman–Crippen LogP) is 1.39. The summed E-state index contributed by atoms with van der Waals surface area (Å²) < 4.78 is 39.4. The van der Waals surface area contributed by atoms with Crippen LogP contribution in [0.2, 0.25) is 0 Å². The summed E-state index contributed by atoms with van der Waals surface area (Å²) >= 11 is 0. The fourth-order valence-electron chi connectivity index (χ4n) is 2.33. The second kappa shape index (κ2) is 8.59. The predicted molar refractivity (Wildman–Crippen MR) is 94.8 cm³/mol. The molecule has 0 amide bonds. The van der Waals surface area contributed by atoms with E-state index < -0.39 is 10.1 Å². The number of aryl methyl sites for hydroxylation is 1. The van der Waals surface area contributed by atoms with Crippen LogP contribution >= 0.6 is 0 Å². The largest absolute Gasteiger partial charge is 0.748 e. The molecule has 0 bridgehead atoms. The van der Waals surface area contributed by atoms with E-state index in [-0.39, 0.29) is 12.2 Å². The molecule has 2 aromatic rings. The van der Waals surface area contributed by atoms with Gasteiger partial charge in [-0.3, -0.25) is 5.01 Å². The zero-order valence-corrected chi connectivity index (χ0v) is 15.0. The van der Waals surface area contributed by atoms with Gasteiger partial charge in [0.15, 0.2) is 6.20 Å². The molecule has 0 atom stereocenters. The number of para-hydroxylation sites is 2. The fourth-order valence-corrected chi connectivity index (χ4v) is 2.81. The molecule has 0 fully saturated rings. The second-order valence-corrected chi connectivity index (χ2v) is 6.90. The summed E-state index contributed by atoms with van der Waals surface area (Å²) in [4.78, 5) is 0. The number of nitrogens with zero attached hydrogens (tertiary/aromatic N) is 3. The Morgan fingerprint density at radius 3 is 2.68 bits per heavy atom. The maximum Gasteiger partial charge on any atom is 0.225 e. The highest BCUT2D eigenvalue weighted by molar-refractivity contribution is 7.85. The molecule has 0 saturated heterocycles. The number of rotatable bonds is 8. The van der Waals surface area contributed by atoms with Crippen LogP contribution < -0.4 is 14.3 Å². The van der Waals surface area contributed by atoms with Gasteiger partial charge in [0.25, 0.3) is 0 Å². The molecular weight excluding hydrogens is 342 g/mol. The monoisotopic (exact) mass is 363 g/mol. The summed E-state index contributed by atoms with van der Waals surface area (Å²) in [5.41, 5.74) is 1.62. The molecule has 0 aliphatic rings. The second-order valence-electron chi connectivity index (χ2n) is 5.37. The maximum absolute atomic E-state index is 10.7. The molecule has 0 N–H and O–H groups in total. The van der Waals surface area contributed by atoms with Gasteiger partial charge in [-0.05, 0) is 18.2 Å². The van der Waals surface area contributed by atoms with E-state index in [1.54, 1.807) is 18.3 Å². The summed E-state index contributed by atoms with van der Waals surface area (Å²) in [7, 11) is -0.782. The lowest BCUT2D eigenvalue weighted by molar-refractivity contribution is -0.697. The quantitative estimate of drug-likeness (QED) is 0.306. The van der Waals surface area contributed by atoms with Crippen molar-refractivity contribution >= 4 is 22.0 Å². The van der Waals surface area contributed by atoms with Gasteiger partial charge >= 0.3 is 0 Å². The Morgan fingerprint density at radius 2 is 1.96 bits per heavy atom. The topological polar surface area (TPSA) is 85.9 Å². The van der Waals surface area contributed by atoms with Gasteiger partial charge in [-0.1, -0.05) is 12.1 Å². The Bertz CT molecular complexity index is 837. The van der Waals surface area contributed by atoms with Crippen LogP contribution in [0.5, 0.6) is 5.75 Å². The van der Waals surface area contributed by atoms with Crippen molar-refractivity contribution in [2.45, 2.75) is 13.0 Å². The molecule has 1 aromatic carbocycles. The third-order valence-corrected chi connectivity index (χ3v) is 4.35. The lowest BCUT2D eigenvalue weighted by Gasteiger charge is -2.15. The van der Waals surface area contributed by atoms with E-state index in [9.17, 15) is 13.0 Å². The first-order chi connectivity index (χ1) is 11.9. The number of benzene rings is 1. The number of anilines is 1. The average molecular weight is 363 g/mol. The standard InChI is InChI=1S/C17H21N3O4S/c1-19(16-9-3-4-10-17(16)24-2)18-14-15-8-5-6-11-20(15)12-7-13-25(21,22)23/h3-6,8-11,14H,7,12-13H2,1-2H3. The van der Waals surface area contributed by atoms with Crippen molar-refractivity contribution in [2.75, 3.05) is 24.9 Å². The summed E-state index contributed by atoms with van der Waals surface area (Å²) in [6.45, 7) is 0.419. The van der Waals surface area contributed by atoms with Crippen molar-refractivity contribution in [3.8, 4) is 5.75 Å². The molecule has 0 spiro atoms. The summed E-state index contributed by atoms with van der Waals surface area (Å²) in [6.07, 6.45) is 3.75. The van der Waals surface area contributed by atoms with Crippen molar-refractivity contribution in [2.24, 2.45) is 5.10 Å². The van der Waals surface area contributed by atoms with E-state index in [1.807, 2.05) is 60.3 Å². The van der Waals surface area contributed by atoms with E-state index in [0.717, 1.165) is 11.4 Å². The number of pyridine rings is 1. The number of hydrogen-bond donors (Lipinski definition) is 0. The van der Waals surface area contributed by atoms with Gasteiger partial charge in [0.1, 0.15) is 24.2 Å². The molecule has 8 heteroatoms.